The van der Waals surface area contributed by atoms with E-state index in [2.05, 4.69) is 12.2 Å². The maximum atomic E-state index is 11.4. The lowest BCUT2D eigenvalue weighted by Gasteiger charge is -2.29. The van der Waals surface area contributed by atoms with Crippen LogP contribution in [0.4, 0.5) is 0 Å². The first-order valence-electron chi connectivity index (χ1n) is 9.74. The van der Waals surface area contributed by atoms with Crippen LogP contribution in [-0.2, 0) is 27.9 Å². The summed E-state index contributed by atoms with van der Waals surface area (Å²) < 4.78 is 23.6. The van der Waals surface area contributed by atoms with Gasteiger partial charge in [0.2, 0.25) is 6.41 Å². The molecule has 5 unspecified atom stereocenters. The molecule has 3 rings (SSSR count). The molecule has 30 heavy (non-hydrogen) atoms. The van der Waals surface area contributed by atoms with E-state index in [0.29, 0.717) is 24.6 Å². The summed E-state index contributed by atoms with van der Waals surface area (Å²) in [6.07, 6.45) is 4.38. The molecule has 0 spiro atoms. The van der Waals surface area contributed by atoms with Crippen molar-refractivity contribution >= 4 is 32.5 Å². The van der Waals surface area contributed by atoms with E-state index >= 15 is 0 Å². The van der Waals surface area contributed by atoms with E-state index in [1.807, 2.05) is 36.2 Å². The Morgan fingerprint density at radius 3 is 3.07 bits per heavy atom. The number of rotatable bonds is 8. The highest BCUT2D eigenvalue weighted by molar-refractivity contribution is 7.41. The van der Waals surface area contributed by atoms with Crippen LogP contribution in [0.2, 0.25) is 5.02 Å². The van der Waals surface area contributed by atoms with E-state index in [1.54, 1.807) is 6.20 Å². The molecule has 2 saturated heterocycles. The van der Waals surface area contributed by atoms with Gasteiger partial charge in [-0.15, -0.1) is 0 Å². The fraction of sp³-hybridized carbons (Fsp3) is 0.500. The monoisotopic (exact) mass is 456 g/mol. The summed E-state index contributed by atoms with van der Waals surface area (Å²) in [4.78, 5) is 23.5. The van der Waals surface area contributed by atoms with E-state index in [9.17, 15) is 9.59 Å². The molecule has 8 nitrogen and oxygen atoms in total. The van der Waals surface area contributed by atoms with Gasteiger partial charge in [0.05, 0.1) is 25.4 Å². The highest BCUT2D eigenvalue weighted by Gasteiger charge is 2.35. The molecule has 1 N–H and O–H groups in total. The van der Waals surface area contributed by atoms with Crippen LogP contribution in [0.15, 0.2) is 36.5 Å². The van der Waals surface area contributed by atoms with Gasteiger partial charge in [-0.05, 0) is 24.1 Å². The second kappa shape index (κ2) is 11.2. The van der Waals surface area contributed by atoms with Crippen LogP contribution in [-0.4, -0.2) is 49.8 Å². The molecular formula is C20H26ClN2O6P. The third-order valence-corrected chi connectivity index (χ3v) is 6.31. The Balaban J connectivity index is 1.47. The Morgan fingerprint density at radius 1 is 1.47 bits per heavy atom. The molecule has 164 valence electrons. The fourth-order valence-electron chi connectivity index (χ4n) is 3.47. The third kappa shape index (κ3) is 6.48. The number of amides is 2. The van der Waals surface area contributed by atoms with Crippen LogP contribution in [0.5, 0.6) is 0 Å². The van der Waals surface area contributed by atoms with Crippen LogP contribution in [0, 0.1) is 5.92 Å². The molecule has 0 radical (unpaired) electrons. The van der Waals surface area contributed by atoms with Gasteiger partial charge < -0.3 is 23.2 Å². The highest BCUT2D eigenvalue weighted by atomic mass is 35.5. The zero-order chi connectivity index (χ0) is 21.5. The molecule has 2 fully saturated rings. The highest BCUT2D eigenvalue weighted by Crippen LogP contribution is 2.50. The van der Waals surface area contributed by atoms with Gasteiger partial charge in [0.25, 0.3) is 5.91 Å². The van der Waals surface area contributed by atoms with Gasteiger partial charge in [-0.25, -0.2) is 0 Å². The number of hydrogen-bond donors (Lipinski definition) is 1. The number of benzene rings is 1. The average Bonchev–Trinajstić information content (AvgIpc) is 3.11. The number of nitrogens with one attached hydrogen (secondary N) is 1. The van der Waals surface area contributed by atoms with Crippen molar-refractivity contribution in [3.05, 3.63) is 47.1 Å². The number of halogens is 1. The van der Waals surface area contributed by atoms with Crippen molar-refractivity contribution in [2.45, 2.75) is 38.2 Å². The Kier molecular flexibility index (Phi) is 8.62. The van der Waals surface area contributed by atoms with E-state index < -0.39 is 14.5 Å². The summed E-state index contributed by atoms with van der Waals surface area (Å²) >= 11 is 6.08. The van der Waals surface area contributed by atoms with Gasteiger partial charge in [-0.2, -0.15) is 0 Å². The summed E-state index contributed by atoms with van der Waals surface area (Å²) in [6.45, 7) is 3.00. The minimum atomic E-state index is -1.46. The van der Waals surface area contributed by atoms with Crippen LogP contribution in [0.25, 0.3) is 0 Å². The predicted molar refractivity (Wildman–Crippen MR) is 112 cm³/mol. The summed E-state index contributed by atoms with van der Waals surface area (Å²) in [7, 11) is 0.361. The van der Waals surface area contributed by atoms with Crippen molar-refractivity contribution in [2.24, 2.45) is 5.92 Å². The Morgan fingerprint density at radius 2 is 2.30 bits per heavy atom. The third-order valence-electron chi connectivity index (χ3n) is 4.89. The first-order valence-corrected chi connectivity index (χ1v) is 11.2. The number of carbonyl (C=O) groups excluding carboxylic acids is 2. The van der Waals surface area contributed by atoms with Crippen molar-refractivity contribution in [1.29, 1.82) is 0 Å². The van der Waals surface area contributed by atoms with E-state index in [-0.39, 0.29) is 24.4 Å². The number of hydrogen-bond acceptors (Lipinski definition) is 7. The van der Waals surface area contributed by atoms with Gasteiger partial charge in [0, 0.05) is 36.7 Å². The Labute approximate surface area is 182 Å². The molecular weight excluding hydrogens is 431 g/mol. The SMILES string of the molecule is CC1CC(COP2OCCC(c3cccc(Cl)c3)O2)OC1N(C)/C=C\C(=O)NC=O. The smallest absolute Gasteiger partial charge is 0.333 e. The van der Waals surface area contributed by atoms with Crippen molar-refractivity contribution in [3.63, 3.8) is 0 Å². The fourth-order valence-corrected chi connectivity index (χ4v) is 4.84. The van der Waals surface area contributed by atoms with E-state index in [0.717, 1.165) is 18.4 Å². The number of carbonyl (C=O) groups is 2. The average molecular weight is 457 g/mol. The first kappa shape index (κ1) is 23.1. The largest absolute Gasteiger partial charge is 0.355 e. The number of nitrogens with zero attached hydrogens (tertiary/aromatic N) is 1. The van der Waals surface area contributed by atoms with E-state index in [4.69, 9.17) is 29.9 Å². The molecule has 0 saturated carbocycles. The first-order chi connectivity index (χ1) is 14.5. The van der Waals surface area contributed by atoms with Crippen molar-refractivity contribution in [2.75, 3.05) is 20.3 Å². The van der Waals surface area contributed by atoms with Gasteiger partial charge >= 0.3 is 8.60 Å². The minimum absolute atomic E-state index is 0.103. The van der Waals surface area contributed by atoms with Crippen LogP contribution in [0.1, 0.15) is 31.4 Å². The molecule has 2 heterocycles. The summed E-state index contributed by atoms with van der Waals surface area (Å²) in [5.41, 5.74) is 1.01. The van der Waals surface area contributed by atoms with Crippen LogP contribution >= 0.6 is 20.2 Å². The molecule has 2 aliphatic rings. The van der Waals surface area contributed by atoms with Gasteiger partial charge in [0.15, 0.2) is 0 Å². The van der Waals surface area contributed by atoms with Gasteiger partial charge in [-0.1, -0.05) is 30.7 Å². The molecule has 0 aliphatic carbocycles. The van der Waals surface area contributed by atoms with Crippen molar-refractivity contribution < 1.29 is 27.9 Å². The minimum Gasteiger partial charge on any atom is -0.355 e. The van der Waals surface area contributed by atoms with Gasteiger partial charge in [0.1, 0.15) is 6.23 Å². The lowest BCUT2D eigenvalue weighted by Crippen LogP contribution is -2.32. The Bertz CT molecular complexity index is 767. The topological polar surface area (TPSA) is 86.3 Å². The number of imide groups is 1. The van der Waals surface area contributed by atoms with Crippen molar-refractivity contribution in [1.82, 2.24) is 10.2 Å². The zero-order valence-corrected chi connectivity index (χ0v) is 18.6. The second-order valence-corrected chi connectivity index (χ2v) is 8.87. The molecule has 1 aromatic rings. The molecule has 5 atom stereocenters. The second-order valence-electron chi connectivity index (χ2n) is 7.26. The predicted octanol–water partition coefficient (Wildman–Crippen LogP) is 3.53. The van der Waals surface area contributed by atoms with E-state index in [1.165, 1.54) is 6.08 Å². The summed E-state index contributed by atoms with van der Waals surface area (Å²) in [6, 6.07) is 7.62. The molecule has 10 heteroatoms. The van der Waals surface area contributed by atoms with Crippen LogP contribution < -0.4 is 5.32 Å². The standard InChI is InChI=1S/C20H26ClN2O6P/c1-14-10-17(28-20(14)23(2)8-6-19(25)22-13-24)12-27-30-26-9-7-18(29-30)15-4-3-5-16(21)11-15/h3-6,8,11,13-14,17-18,20H,7,9-10,12H2,1-2H3,(H,22,24,25)/b8-6-. The quantitative estimate of drug-likeness (QED) is 0.364. The van der Waals surface area contributed by atoms with Crippen molar-refractivity contribution in [3.8, 4) is 0 Å². The lowest BCUT2D eigenvalue weighted by molar-refractivity contribution is -0.121. The molecule has 1 aromatic carbocycles. The molecule has 0 aromatic heterocycles. The Hall–Kier alpha value is -1.54. The summed E-state index contributed by atoms with van der Waals surface area (Å²) in [5, 5.41) is 2.73. The number of ether oxygens (including phenoxy) is 1. The van der Waals surface area contributed by atoms with Crippen LogP contribution in [0.3, 0.4) is 0 Å². The maximum absolute atomic E-state index is 11.4. The maximum Gasteiger partial charge on any atom is 0.333 e. The zero-order valence-electron chi connectivity index (χ0n) is 16.9. The molecule has 2 amide bonds. The normalized spacial score (nSPS) is 29.1. The molecule has 2 aliphatic heterocycles. The summed E-state index contributed by atoms with van der Waals surface area (Å²) in [5.74, 6) is -0.242. The molecule has 0 bridgehead atoms. The van der Waals surface area contributed by atoms with Gasteiger partial charge in [-0.3, -0.25) is 14.9 Å². The lowest BCUT2D eigenvalue weighted by atomic mass is 10.1.